The van der Waals surface area contributed by atoms with Crippen molar-refractivity contribution < 1.29 is 13.2 Å². The van der Waals surface area contributed by atoms with Crippen molar-refractivity contribution in [3.05, 3.63) is 29.8 Å². The van der Waals surface area contributed by atoms with Crippen molar-refractivity contribution in [3.63, 3.8) is 0 Å². The first kappa shape index (κ1) is 19.2. The van der Waals surface area contributed by atoms with E-state index in [4.69, 9.17) is 0 Å². The molecule has 0 bridgehead atoms. The maximum Gasteiger partial charge on any atom is 0.251 e. The molecule has 1 aliphatic carbocycles. The number of carbonyl (C=O) groups excluding carboxylic acids is 1. The molecule has 24 heavy (non-hydrogen) atoms. The number of rotatable bonds is 5. The molecule has 0 spiro atoms. The molecule has 1 heterocycles. The summed E-state index contributed by atoms with van der Waals surface area (Å²) in [6.07, 6.45) is 5.70. The average Bonchev–Trinajstić information content (AvgIpc) is 3.26. The van der Waals surface area contributed by atoms with Gasteiger partial charge in [0.2, 0.25) is 0 Å². The highest BCUT2D eigenvalue weighted by Crippen LogP contribution is 2.29. The molecule has 1 aromatic rings. The van der Waals surface area contributed by atoms with E-state index in [1.165, 1.54) is 0 Å². The fraction of sp³-hybridized carbons (Fsp3) is 0.588. The first-order chi connectivity index (χ1) is 11.1. The second kappa shape index (κ2) is 8.32. The minimum absolute atomic E-state index is 0. The Balaban J connectivity index is 0.00000208. The van der Waals surface area contributed by atoms with Gasteiger partial charge in [-0.3, -0.25) is 4.79 Å². The summed E-state index contributed by atoms with van der Waals surface area (Å²) in [6, 6.07) is 6.70. The van der Waals surface area contributed by atoms with Gasteiger partial charge in [0.25, 0.3) is 5.91 Å². The smallest absolute Gasteiger partial charge is 0.251 e. The highest BCUT2D eigenvalue weighted by Gasteiger charge is 2.30. The van der Waals surface area contributed by atoms with Gasteiger partial charge in [-0.05, 0) is 56.5 Å². The minimum Gasteiger partial charge on any atom is -0.350 e. The molecule has 1 unspecified atom stereocenters. The lowest BCUT2D eigenvalue weighted by Gasteiger charge is -2.13. The molecule has 0 aromatic heterocycles. The fourth-order valence-electron chi connectivity index (χ4n) is 3.44. The Kier molecular flexibility index (Phi) is 6.66. The van der Waals surface area contributed by atoms with Crippen molar-refractivity contribution in [2.75, 3.05) is 13.1 Å². The van der Waals surface area contributed by atoms with Gasteiger partial charge in [0.05, 0.1) is 10.1 Å². The number of nitrogens with one attached hydrogen (secondary N) is 2. The standard InChI is InChI=1S/C17H24N2O3S.ClH/c20-17(19-12-14-4-3-11-18-14)13-7-9-16(10-8-13)23(21,22)15-5-1-2-6-15;/h7-10,14-15,18H,1-6,11-12H2,(H,19,20);1H. The van der Waals surface area contributed by atoms with E-state index in [0.29, 0.717) is 23.0 Å². The highest BCUT2D eigenvalue weighted by atomic mass is 35.5. The molecule has 1 saturated heterocycles. The summed E-state index contributed by atoms with van der Waals surface area (Å²) in [5, 5.41) is 5.98. The zero-order valence-electron chi connectivity index (χ0n) is 13.7. The van der Waals surface area contributed by atoms with Gasteiger partial charge >= 0.3 is 0 Å². The van der Waals surface area contributed by atoms with Gasteiger partial charge in [-0.2, -0.15) is 0 Å². The van der Waals surface area contributed by atoms with Gasteiger partial charge in [0, 0.05) is 18.2 Å². The maximum atomic E-state index is 12.5. The summed E-state index contributed by atoms with van der Waals surface area (Å²) >= 11 is 0. The number of sulfone groups is 1. The molecule has 0 radical (unpaired) electrons. The van der Waals surface area contributed by atoms with Crippen molar-refractivity contribution in [3.8, 4) is 0 Å². The Labute approximate surface area is 149 Å². The van der Waals surface area contributed by atoms with Crippen LogP contribution in [0.4, 0.5) is 0 Å². The number of carbonyl (C=O) groups is 1. The normalized spacial score (nSPS) is 21.4. The third kappa shape index (κ3) is 4.29. The van der Waals surface area contributed by atoms with Crippen LogP contribution in [-0.2, 0) is 9.84 Å². The predicted molar refractivity (Wildman–Crippen MR) is 96.5 cm³/mol. The van der Waals surface area contributed by atoms with Gasteiger partial charge < -0.3 is 10.6 Å². The van der Waals surface area contributed by atoms with Crippen LogP contribution < -0.4 is 10.6 Å². The molecule has 1 aliphatic heterocycles. The van der Waals surface area contributed by atoms with Gasteiger partial charge in [-0.15, -0.1) is 12.4 Å². The van der Waals surface area contributed by atoms with E-state index in [2.05, 4.69) is 10.6 Å². The number of halogens is 1. The van der Waals surface area contributed by atoms with Crippen LogP contribution in [0.2, 0.25) is 0 Å². The van der Waals surface area contributed by atoms with E-state index in [0.717, 1.165) is 45.1 Å². The molecule has 3 rings (SSSR count). The predicted octanol–water partition coefficient (Wildman–Crippen LogP) is 2.31. The van der Waals surface area contributed by atoms with Gasteiger partial charge in [0.15, 0.2) is 9.84 Å². The lowest BCUT2D eigenvalue weighted by molar-refractivity contribution is 0.0950. The van der Waals surface area contributed by atoms with E-state index in [1.807, 2.05) is 0 Å². The lowest BCUT2D eigenvalue weighted by Crippen LogP contribution is -2.37. The topological polar surface area (TPSA) is 75.3 Å². The molecular weight excluding hydrogens is 348 g/mol. The third-order valence-corrected chi connectivity index (χ3v) is 7.14. The summed E-state index contributed by atoms with van der Waals surface area (Å²) in [5.41, 5.74) is 0.508. The molecule has 5 nitrogen and oxygen atoms in total. The van der Waals surface area contributed by atoms with Gasteiger partial charge in [0.1, 0.15) is 0 Å². The highest BCUT2D eigenvalue weighted by molar-refractivity contribution is 7.92. The molecule has 7 heteroatoms. The SMILES string of the molecule is Cl.O=C(NCC1CCCN1)c1ccc(S(=O)(=O)C2CCCC2)cc1. The maximum absolute atomic E-state index is 12.5. The van der Waals surface area contributed by atoms with E-state index >= 15 is 0 Å². The molecule has 1 aromatic carbocycles. The number of hydrogen-bond acceptors (Lipinski definition) is 4. The Morgan fingerprint density at radius 1 is 1.08 bits per heavy atom. The Morgan fingerprint density at radius 2 is 1.75 bits per heavy atom. The summed E-state index contributed by atoms with van der Waals surface area (Å²) in [4.78, 5) is 12.5. The molecule has 134 valence electrons. The minimum atomic E-state index is -3.25. The molecule has 1 atom stereocenters. The third-order valence-electron chi connectivity index (χ3n) is 4.86. The molecule has 2 aliphatic rings. The number of benzene rings is 1. The van der Waals surface area contributed by atoms with Crippen molar-refractivity contribution in [2.24, 2.45) is 0 Å². The first-order valence-electron chi connectivity index (χ1n) is 8.43. The Morgan fingerprint density at radius 3 is 2.33 bits per heavy atom. The second-order valence-corrected chi connectivity index (χ2v) is 8.71. The van der Waals surface area contributed by atoms with Crippen LogP contribution >= 0.6 is 12.4 Å². The Hall–Kier alpha value is -1.11. The number of amides is 1. The van der Waals surface area contributed by atoms with Gasteiger partial charge in [-0.1, -0.05) is 12.8 Å². The number of hydrogen-bond donors (Lipinski definition) is 2. The van der Waals surface area contributed by atoms with Crippen LogP contribution in [0.3, 0.4) is 0 Å². The van der Waals surface area contributed by atoms with Crippen molar-refractivity contribution in [1.82, 2.24) is 10.6 Å². The molecule has 2 fully saturated rings. The molecular formula is C17H25ClN2O3S. The van der Waals surface area contributed by atoms with E-state index in [1.54, 1.807) is 24.3 Å². The van der Waals surface area contributed by atoms with Crippen LogP contribution in [0.15, 0.2) is 29.2 Å². The van der Waals surface area contributed by atoms with Crippen molar-refractivity contribution in [2.45, 2.75) is 54.7 Å². The summed E-state index contributed by atoms with van der Waals surface area (Å²) < 4.78 is 25.0. The quantitative estimate of drug-likeness (QED) is 0.831. The van der Waals surface area contributed by atoms with Crippen LogP contribution in [0.5, 0.6) is 0 Å². The molecule has 2 N–H and O–H groups in total. The summed E-state index contributed by atoms with van der Waals surface area (Å²) in [7, 11) is -3.25. The summed E-state index contributed by atoms with van der Waals surface area (Å²) in [5.74, 6) is -0.150. The van der Waals surface area contributed by atoms with E-state index < -0.39 is 9.84 Å². The van der Waals surface area contributed by atoms with E-state index in [9.17, 15) is 13.2 Å². The average molecular weight is 373 g/mol. The largest absolute Gasteiger partial charge is 0.350 e. The van der Waals surface area contributed by atoms with Crippen LogP contribution in [-0.4, -0.2) is 38.7 Å². The fourth-order valence-corrected chi connectivity index (χ4v) is 5.29. The van der Waals surface area contributed by atoms with Crippen LogP contribution in [0.1, 0.15) is 48.9 Å². The zero-order chi connectivity index (χ0) is 16.3. The molecule has 1 saturated carbocycles. The van der Waals surface area contributed by atoms with Crippen molar-refractivity contribution in [1.29, 1.82) is 0 Å². The monoisotopic (exact) mass is 372 g/mol. The van der Waals surface area contributed by atoms with Gasteiger partial charge in [-0.25, -0.2) is 8.42 Å². The molecule has 1 amide bonds. The second-order valence-electron chi connectivity index (χ2n) is 6.48. The Bertz CT molecular complexity index is 649. The lowest BCUT2D eigenvalue weighted by atomic mass is 10.2. The van der Waals surface area contributed by atoms with Crippen LogP contribution in [0.25, 0.3) is 0 Å². The van der Waals surface area contributed by atoms with Crippen LogP contribution in [0, 0.1) is 0 Å². The van der Waals surface area contributed by atoms with Crippen molar-refractivity contribution >= 4 is 28.2 Å². The zero-order valence-corrected chi connectivity index (χ0v) is 15.3. The van der Waals surface area contributed by atoms with E-state index in [-0.39, 0.29) is 23.6 Å². The summed E-state index contributed by atoms with van der Waals surface area (Å²) in [6.45, 7) is 1.62. The first-order valence-corrected chi connectivity index (χ1v) is 9.97.